The van der Waals surface area contributed by atoms with Crippen LogP contribution in [0.1, 0.15) is 0 Å². The Bertz CT molecular complexity index is 963. The fourth-order valence-electron chi connectivity index (χ4n) is 2.46. The predicted octanol–water partition coefficient (Wildman–Crippen LogP) is 2.30. The summed E-state index contributed by atoms with van der Waals surface area (Å²) in [5.41, 5.74) is 1.22. The number of carbonyl (C=O) groups is 1. The Morgan fingerprint density at radius 2 is 1.93 bits per heavy atom. The number of hydrogen-bond donors (Lipinski definition) is 1. The van der Waals surface area contributed by atoms with Crippen molar-refractivity contribution < 1.29 is 18.7 Å². The SMILES string of the molecule is O=C(CSc1nnnn1-c1ccc2c(c1)OCCO2)Nc1ccc(F)cc1. The Morgan fingerprint density at radius 3 is 2.74 bits per heavy atom. The summed E-state index contributed by atoms with van der Waals surface area (Å²) in [6, 6.07) is 11.0. The Hall–Kier alpha value is -3.14. The molecule has 3 aromatic rings. The first-order valence-electron chi connectivity index (χ1n) is 8.06. The van der Waals surface area contributed by atoms with E-state index < -0.39 is 0 Å². The van der Waals surface area contributed by atoms with Gasteiger partial charge in [-0.2, -0.15) is 4.68 Å². The van der Waals surface area contributed by atoms with Crippen molar-refractivity contribution in [3.05, 3.63) is 48.3 Å². The molecule has 0 unspecified atom stereocenters. The van der Waals surface area contributed by atoms with Crippen LogP contribution in [-0.4, -0.2) is 45.1 Å². The fourth-order valence-corrected chi connectivity index (χ4v) is 3.15. The third-order valence-electron chi connectivity index (χ3n) is 3.67. The summed E-state index contributed by atoms with van der Waals surface area (Å²) in [5, 5.41) is 14.8. The molecule has 0 saturated carbocycles. The first kappa shape index (κ1) is 17.3. The van der Waals surface area contributed by atoms with Gasteiger partial charge in [-0.1, -0.05) is 11.8 Å². The molecule has 8 nitrogen and oxygen atoms in total. The first-order chi connectivity index (χ1) is 13.2. The molecule has 1 aliphatic heterocycles. The molecule has 0 saturated heterocycles. The predicted molar refractivity (Wildman–Crippen MR) is 95.9 cm³/mol. The lowest BCUT2D eigenvalue weighted by Gasteiger charge is -2.18. The van der Waals surface area contributed by atoms with Crippen LogP contribution in [-0.2, 0) is 4.79 Å². The van der Waals surface area contributed by atoms with E-state index in [0.29, 0.717) is 41.2 Å². The number of carbonyl (C=O) groups excluding carboxylic acids is 1. The van der Waals surface area contributed by atoms with E-state index in [-0.39, 0.29) is 17.5 Å². The van der Waals surface area contributed by atoms with Gasteiger partial charge in [0.15, 0.2) is 11.5 Å². The van der Waals surface area contributed by atoms with Gasteiger partial charge in [0.2, 0.25) is 11.1 Å². The van der Waals surface area contributed by atoms with Crippen molar-refractivity contribution >= 4 is 23.4 Å². The molecule has 1 aromatic heterocycles. The molecule has 0 radical (unpaired) electrons. The van der Waals surface area contributed by atoms with Crippen molar-refractivity contribution in [3.63, 3.8) is 0 Å². The molecule has 0 spiro atoms. The number of hydrogen-bond acceptors (Lipinski definition) is 7. The zero-order chi connectivity index (χ0) is 18.6. The Balaban J connectivity index is 1.43. The molecule has 2 aromatic carbocycles. The molecule has 10 heteroatoms. The molecule has 1 aliphatic rings. The van der Waals surface area contributed by atoms with Gasteiger partial charge in [-0.05, 0) is 46.8 Å². The Morgan fingerprint density at radius 1 is 1.15 bits per heavy atom. The number of tetrazole rings is 1. The van der Waals surface area contributed by atoms with Crippen molar-refractivity contribution in [2.24, 2.45) is 0 Å². The van der Waals surface area contributed by atoms with Crippen LogP contribution in [0.4, 0.5) is 10.1 Å². The fraction of sp³-hybridized carbons (Fsp3) is 0.176. The molecule has 0 fully saturated rings. The van der Waals surface area contributed by atoms with Crippen LogP contribution in [0.25, 0.3) is 5.69 Å². The van der Waals surface area contributed by atoms with Gasteiger partial charge in [-0.25, -0.2) is 4.39 Å². The first-order valence-corrected chi connectivity index (χ1v) is 9.04. The average Bonchev–Trinajstić information content (AvgIpc) is 3.16. The van der Waals surface area contributed by atoms with Crippen LogP contribution < -0.4 is 14.8 Å². The van der Waals surface area contributed by atoms with E-state index in [1.165, 1.54) is 40.7 Å². The number of fused-ring (bicyclic) bond motifs is 1. The molecule has 0 bridgehead atoms. The highest BCUT2D eigenvalue weighted by Crippen LogP contribution is 2.32. The van der Waals surface area contributed by atoms with Crippen LogP contribution in [0.15, 0.2) is 47.6 Å². The normalized spacial score (nSPS) is 12.6. The van der Waals surface area contributed by atoms with Gasteiger partial charge in [0, 0.05) is 11.8 Å². The molecule has 4 rings (SSSR count). The second-order valence-corrected chi connectivity index (χ2v) is 6.49. The Kier molecular flexibility index (Phi) is 4.88. The lowest BCUT2D eigenvalue weighted by atomic mass is 10.2. The zero-order valence-corrected chi connectivity index (χ0v) is 14.8. The van der Waals surface area contributed by atoms with E-state index in [2.05, 4.69) is 20.8 Å². The molecular formula is C17H14FN5O3S. The van der Waals surface area contributed by atoms with Gasteiger partial charge in [-0.3, -0.25) is 4.79 Å². The standard InChI is InChI=1S/C17H14FN5O3S/c18-11-1-3-12(4-2-11)19-16(24)10-27-17-20-21-22-23(17)13-5-6-14-15(9-13)26-8-7-25-14/h1-6,9H,7-8,10H2,(H,19,24). The molecule has 1 N–H and O–H groups in total. The van der Waals surface area contributed by atoms with Crippen LogP contribution >= 0.6 is 11.8 Å². The lowest BCUT2D eigenvalue weighted by molar-refractivity contribution is -0.113. The summed E-state index contributed by atoms with van der Waals surface area (Å²) in [6.45, 7) is 0.999. The molecule has 138 valence electrons. The van der Waals surface area contributed by atoms with Crippen molar-refractivity contribution in [3.8, 4) is 17.2 Å². The van der Waals surface area contributed by atoms with Crippen molar-refractivity contribution in [2.45, 2.75) is 5.16 Å². The summed E-state index contributed by atoms with van der Waals surface area (Å²) in [6.07, 6.45) is 0. The summed E-state index contributed by atoms with van der Waals surface area (Å²) in [7, 11) is 0. The summed E-state index contributed by atoms with van der Waals surface area (Å²) < 4.78 is 25.5. The number of thioether (sulfide) groups is 1. The maximum Gasteiger partial charge on any atom is 0.234 e. The van der Waals surface area contributed by atoms with Crippen LogP contribution in [0, 0.1) is 5.82 Å². The van der Waals surface area contributed by atoms with E-state index in [0.717, 1.165) is 0 Å². The number of nitrogens with one attached hydrogen (secondary N) is 1. The van der Waals surface area contributed by atoms with Crippen LogP contribution in [0.5, 0.6) is 11.5 Å². The van der Waals surface area contributed by atoms with E-state index >= 15 is 0 Å². The number of rotatable bonds is 5. The lowest BCUT2D eigenvalue weighted by Crippen LogP contribution is -2.16. The molecular weight excluding hydrogens is 373 g/mol. The van der Waals surface area contributed by atoms with E-state index in [1.54, 1.807) is 12.1 Å². The molecule has 27 heavy (non-hydrogen) atoms. The summed E-state index contributed by atoms with van der Waals surface area (Å²) in [5.74, 6) is 0.789. The highest BCUT2D eigenvalue weighted by atomic mass is 32.2. The number of halogens is 1. The minimum absolute atomic E-state index is 0.0995. The molecule has 1 amide bonds. The Labute approximate surface area is 157 Å². The maximum absolute atomic E-state index is 12.9. The van der Waals surface area contributed by atoms with Crippen molar-refractivity contribution in [1.29, 1.82) is 0 Å². The van der Waals surface area contributed by atoms with Gasteiger partial charge in [-0.15, -0.1) is 5.10 Å². The third-order valence-corrected chi connectivity index (χ3v) is 4.59. The van der Waals surface area contributed by atoms with Crippen LogP contribution in [0.3, 0.4) is 0 Å². The topological polar surface area (TPSA) is 91.2 Å². The van der Waals surface area contributed by atoms with Crippen molar-refractivity contribution in [1.82, 2.24) is 20.2 Å². The van der Waals surface area contributed by atoms with Gasteiger partial charge in [0.1, 0.15) is 19.0 Å². The molecule has 0 aliphatic carbocycles. The highest BCUT2D eigenvalue weighted by molar-refractivity contribution is 7.99. The van der Waals surface area contributed by atoms with E-state index in [4.69, 9.17) is 9.47 Å². The highest BCUT2D eigenvalue weighted by Gasteiger charge is 2.16. The quantitative estimate of drug-likeness (QED) is 0.672. The van der Waals surface area contributed by atoms with Crippen LogP contribution in [0.2, 0.25) is 0 Å². The minimum atomic E-state index is -0.360. The minimum Gasteiger partial charge on any atom is -0.486 e. The second kappa shape index (κ2) is 7.62. The zero-order valence-electron chi connectivity index (χ0n) is 14.0. The average molecular weight is 387 g/mol. The number of aromatic nitrogens is 4. The van der Waals surface area contributed by atoms with Gasteiger partial charge in [0.05, 0.1) is 11.4 Å². The number of benzene rings is 2. The van der Waals surface area contributed by atoms with Gasteiger partial charge < -0.3 is 14.8 Å². The second-order valence-electron chi connectivity index (χ2n) is 5.54. The maximum atomic E-state index is 12.9. The van der Waals surface area contributed by atoms with E-state index in [9.17, 15) is 9.18 Å². The van der Waals surface area contributed by atoms with E-state index in [1.807, 2.05) is 6.07 Å². The summed E-state index contributed by atoms with van der Waals surface area (Å²) in [4.78, 5) is 12.1. The monoisotopic (exact) mass is 387 g/mol. The number of anilines is 1. The van der Waals surface area contributed by atoms with Gasteiger partial charge >= 0.3 is 0 Å². The number of nitrogens with zero attached hydrogens (tertiary/aromatic N) is 4. The van der Waals surface area contributed by atoms with Crippen molar-refractivity contribution in [2.75, 3.05) is 24.3 Å². The summed E-state index contributed by atoms with van der Waals surface area (Å²) >= 11 is 1.19. The number of ether oxygens (including phenoxy) is 2. The largest absolute Gasteiger partial charge is 0.486 e. The molecule has 2 heterocycles. The molecule has 0 atom stereocenters. The third kappa shape index (κ3) is 4.00. The number of amides is 1. The van der Waals surface area contributed by atoms with Gasteiger partial charge in [0.25, 0.3) is 0 Å². The smallest absolute Gasteiger partial charge is 0.234 e.